The topological polar surface area (TPSA) is 85.1 Å². The van der Waals surface area contributed by atoms with Crippen molar-refractivity contribution in [2.75, 3.05) is 0 Å². The van der Waals surface area contributed by atoms with Crippen molar-refractivity contribution >= 4 is 10.0 Å². The van der Waals surface area contributed by atoms with E-state index in [0.29, 0.717) is 11.4 Å². The van der Waals surface area contributed by atoms with Crippen molar-refractivity contribution in [1.82, 2.24) is 14.7 Å². The molecular weight excluding hydrogens is 326 g/mol. The lowest BCUT2D eigenvalue weighted by atomic mass is 10.2. The van der Waals surface area contributed by atoms with Crippen molar-refractivity contribution in [2.24, 2.45) is 0 Å². The lowest BCUT2D eigenvalue weighted by Gasteiger charge is -2.09. The Bertz CT molecular complexity index is 905. The van der Waals surface area contributed by atoms with Crippen molar-refractivity contribution in [3.05, 3.63) is 66.5 Å². The molecule has 3 rings (SSSR count). The fourth-order valence-electron chi connectivity index (χ4n) is 2.29. The van der Waals surface area contributed by atoms with Crippen LogP contribution in [-0.2, 0) is 23.0 Å². The smallest absolute Gasteiger partial charge is 0.240 e. The second kappa shape index (κ2) is 6.94. The third kappa shape index (κ3) is 3.52. The van der Waals surface area contributed by atoms with E-state index in [0.717, 1.165) is 17.5 Å². The molecule has 1 N–H and O–H groups in total. The van der Waals surface area contributed by atoms with Gasteiger partial charge < -0.3 is 4.42 Å². The van der Waals surface area contributed by atoms with Gasteiger partial charge in [0.25, 0.3) is 0 Å². The average molecular weight is 343 g/mol. The number of sulfonamides is 1. The van der Waals surface area contributed by atoms with Crippen molar-refractivity contribution < 1.29 is 12.8 Å². The first kappa shape index (κ1) is 16.4. The number of hydrogen-bond donors (Lipinski definition) is 1. The molecule has 2 heterocycles. The SMILES string of the molecule is CCc1ccc(S(=O)(=O)NCc2nccnc2-c2ccoc2)cc1. The Balaban J connectivity index is 1.80. The van der Waals surface area contributed by atoms with E-state index in [1.165, 1.54) is 12.5 Å². The summed E-state index contributed by atoms with van der Waals surface area (Å²) in [5.74, 6) is 0. The summed E-state index contributed by atoms with van der Waals surface area (Å²) in [4.78, 5) is 8.72. The van der Waals surface area contributed by atoms with Gasteiger partial charge in [0.15, 0.2) is 0 Å². The van der Waals surface area contributed by atoms with E-state index in [1.807, 2.05) is 19.1 Å². The van der Waals surface area contributed by atoms with Crippen LogP contribution < -0.4 is 4.72 Å². The number of nitrogens with one attached hydrogen (secondary N) is 1. The molecule has 0 saturated carbocycles. The summed E-state index contributed by atoms with van der Waals surface area (Å²) in [7, 11) is -3.61. The van der Waals surface area contributed by atoms with Crippen LogP contribution in [0.25, 0.3) is 11.3 Å². The molecule has 0 aliphatic heterocycles. The van der Waals surface area contributed by atoms with E-state index in [1.54, 1.807) is 30.7 Å². The van der Waals surface area contributed by atoms with Gasteiger partial charge in [0.1, 0.15) is 0 Å². The van der Waals surface area contributed by atoms with Crippen LogP contribution in [0.3, 0.4) is 0 Å². The zero-order valence-corrected chi connectivity index (χ0v) is 14.0. The van der Waals surface area contributed by atoms with E-state index >= 15 is 0 Å². The predicted molar refractivity (Wildman–Crippen MR) is 89.6 cm³/mol. The minimum atomic E-state index is -3.61. The highest BCUT2D eigenvalue weighted by molar-refractivity contribution is 7.89. The van der Waals surface area contributed by atoms with Gasteiger partial charge in [-0.25, -0.2) is 13.1 Å². The maximum atomic E-state index is 12.4. The second-order valence-electron chi connectivity index (χ2n) is 5.19. The van der Waals surface area contributed by atoms with Crippen molar-refractivity contribution in [2.45, 2.75) is 24.8 Å². The standard InChI is InChI=1S/C17H17N3O3S/c1-2-13-3-5-15(6-4-13)24(21,22)20-11-16-17(19-9-8-18-16)14-7-10-23-12-14/h3-10,12,20H,2,11H2,1H3. The van der Waals surface area contributed by atoms with Crippen LogP contribution >= 0.6 is 0 Å². The zero-order valence-electron chi connectivity index (χ0n) is 13.1. The molecule has 3 aromatic rings. The molecule has 124 valence electrons. The highest BCUT2D eigenvalue weighted by atomic mass is 32.2. The largest absolute Gasteiger partial charge is 0.472 e. The molecular formula is C17H17N3O3S. The molecule has 0 atom stereocenters. The van der Waals surface area contributed by atoms with Crippen LogP contribution in [0.1, 0.15) is 18.2 Å². The van der Waals surface area contributed by atoms with Gasteiger partial charge in [0.2, 0.25) is 10.0 Å². The number of aryl methyl sites for hydroxylation is 1. The first-order valence-electron chi connectivity index (χ1n) is 7.51. The second-order valence-corrected chi connectivity index (χ2v) is 6.95. The molecule has 1 aromatic carbocycles. The van der Waals surface area contributed by atoms with Crippen LogP contribution in [0.4, 0.5) is 0 Å². The van der Waals surface area contributed by atoms with Crippen LogP contribution in [0, 0.1) is 0 Å². The lowest BCUT2D eigenvalue weighted by molar-refractivity contribution is 0.568. The number of nitrogens with zero attached hydrogens (tertiary/aromatic N) is 2. The number of furan rings is 1. The molecule has 7 heteroatoms. The Morgan fingerprint density at radius 1 is 1.08 bits per heavy atom. The third-order valence-electron chi connectivity index (χ3n) is 3.64. The fourth-order valence-corrected chi connectivity index (χ4v) is 3.28. The fraction of sp³-hybridized carbons (Fsp3) is 0.176. The molecule has 0 radical (unpaired) electrons. The summed E-state index contributed by atoms with van der Waals surface area (Å²) < 4.78 is 32.5. The Labute approximate surface area is 140 Å². The molecule has 24 heavy (non-hydrogen) atoms. The van der Waals surface area contributed by atoms with Gasteiger partial charge in [-0.1, -0.05) is 19.1 Å². The van der Waals surface area contributed by atoms with Crippen LogP contribution in [0.15, 0.2) is 64.6 Å². The summed E-state index contributed by atoms with van der Waals surface area (Å²) >= 11 is 0. The molecule has 0 aliphatic rings. The minimum absolute atomic E-state index is 0.0478. The molecule has 2 aromatic heterocycles. The number of rotatable bonds is 6. The summed E-state index contributed by atoms with van der Waals surface area (Å²) in [5, 5.41) is 0. The van der Waals surface area contributed by atoms with Gasteiger partial charge in [0, 0.05) is 18.0 Å². The molecule has 0 aliphatic carbocycles. The average Bonchev–Trinajstić information content (AvgIpc) is 3.15. The van der Waals surface area contributed by atoms with Crippen molar-refractivity contribution in [1.29, 1.82) is 0 Å². The summed E-state index contributed by atoms with van der Waals surface area (Å²) in [6.07, 6.45) is 7.03. The van der Waals surface area contributed by atoms with Gasteiger partial charge in [-0.2, -0.15) is 0 Å². The van der Waals surface area contributed by atoms with Gasteiger partial charge >= 0.3 is 0 Å². The van der Waals surface area contributed by atoms with Gasteiger partial charge in [-0.3, -0.25) is 9.97 Å². The van der Waals surface area contributed by atoms with E-state index in [-0.39, 0.29) is 11.4 Å². The Kier molecular flexibility index (Phi) is 4.73. The highest BCUT2D eigenvalue weighted by Crippen LogP contribution is 2.20. The number of benzene rings is 1. The predicted octanol–water partition coefficient (Wildman–Crippen LogP) is 2.78. The Morgan fingerprint density at radius 2 is 1.83 bits per heavy atom. The van der Waals surface area contributed by atoms with E-state index in [2.05, 4.69) is 14.7 Å². The van der Waals surface area contributed by atoms with Crippen molar-refractivity contribution in [3.8, 4) is 11.3 Å². The molecule has 0 saturated heterocycles. The maximum Gasteiger partial charge on any atom is 0.240 e. The minimum Gasteiger partial charge on any atom is -0.472 e. The Morgan fingerprint density at radius 3 is 2.50 bits per heavy atom. The molecule has 0 amide bonds. The van der Waals surface area contributed by atoms with E-state index < -0.39 is 10.0 Å². The van der Waals surface area contributed by atoms with Gasteiger partial charge in [0.05, 0.1) is 35.4 Å². The van der Waals surface area contributed by atoms with Gasteiger partial charge in [-0.05, 0) is 30.2 Å². The van der Waals surface area contributed by atoms with Crippen LogP contribution in [0.5, 0.6) is 0 Å². The first-order valence-corrected chi connectivity index (χ1v) is 8.99. The summed E-state index contributed by atoms with van der Waals surface area (Å²) in [5.41, 5.74) is 2.97. The summed E-state index contributed by atoms with van der Waals surface area (Å²) in [6, 6.07) is 8.59. The van der Waals surface area contributed by atoms with E-state index in [9.17, 15) is 8.42 Å². The number of aromatic nitrogens is 2. The molecule has 0 bridgehead atoms. The zero-order chi connectivity index (χ0) is 17.0. The first-order chi connectivity index (χ1) is 11.6. The monoisotopic (exact) mass is 343 g/mol. The van der Waals surface area contributed by atoms with Crippen LogP contribution in [-0.4, -0.2) is 18.4 Å². The molecule has 0 unspecified atom stereocenters. The van der Waals surface area contributed by atoms with E-state index in [4.69, 9.17) is 4.42 Å². The molecule has 6 nitrogen and oxygen atoms in total. The van der Waals surface area contributed by atoms with Gasteiger partial charge in [-0.15, -0.1) is 0 Å². The highest BCUT2D eigenvalue weighted by Gasteiger charge is 2.16. The van der Waals surface area contributed by atoms with Crippen LogP contribution in [0.2, 0.25) is 0 Å². The third-order valence-corrected chi connectivity index (χ3v) is 5.06. The lowest BCUT2D eigenvalue weighted by Crippen LogP contribution is -2.24. The normalized spacial score (nSPS) is 11.5. The summed E-state index contributed by atoms with van der Waals surface area (Å²) in [6.45, 7) is 2.07. The number of hydrogen-bond acceptors (Lipinski definition) is 5. The molecule has 0 spiro atoms. The Hall–Kier alpha value is -2.51. The van der Waals surface area contributed by atoms with Crippen molar-refractivity contribution in [3.63, 3.8) is 0 Å². The molecule has 0 fully saturated rings. The maximum absolute atomic E-state index is 12.4. The quantitative estimate of drug-likeness (QED) is 0.744.